The predicted octanol–water partition coefficient (Wildman–Crippen LogP) is 3.99. The molecule has 0 fully saturated rings. The number of nitrogens with one attached hydrogen (secondary N) is 1. The van der Waals surface area contributed by atoms with E-state index in [0.717, 1.165) is 11.1 Å². The molecular weight excluding hydrogens is 509 g/mol. The molecule has 9 heteroatoms. The van der Waals surface area contributed by atoms with Gasteiger partial charge in [0, 0.05) is 6.54 Å². The number of hydrogen-bond donors (Lipinski definition) is 2. The van der Waals surface area contributed by atoms with Crippen LogP contribution in [-0.4, -0.2) is 33.9 Å². The van der Waals surface area contributed by atoms with Gasteiger partial charge in [0.05, 0.1) is 39.5 Å². The van der Waals surface area contributed by atoms with Crippen LogP contribution in [0.1, 0.15) is 18.1 Å². The van der Waals surface area contributed by atoms with Gasteiger partial charge in [-0.25, -0.2) is 4.99 Å². The van der Waals surface area contributed by atoms with Crippen molar-refractivity contribution in [3.8, 4) is 23.0 Å². The maximum atomic E-state index is 6.28. The monoisotopic (exact) mass is 535 g/mol. The molecule has 0 amide bonds. The fourth-order valence-electron chi connectivity index (χ4n) is 2.56. The molecule has 0 heterocycles. The van der Waals surface area contributed by atoms with Crippen molar-refractivity contribution in [2.45, 2.75) is 20.0 Å². The molecule has 3 N–H and O–H groups in total. The van der Waals surface area contributed by atoms with Crippen LogP contribution < -0.4 is 30.0 Å². The van der Waals surface area contributed by atoms with E-state index in [9.17, 15) is 0 Å². The van der Waals surface area contributed by atoms with Gasteiger partial charge in [-0.3, -0.25) is 0 Å². The topological polar surface area (TPSA) is 87.3 Å². The van der Waals surface area contributed by atoms with Crippen LogP contribution in [0.2, 0.25) is 5.02 Å². The molecule has 160 valence electrons. The van der Waals surface area contributed by atoms with E-state index in [1.165, 1.54) is 0 Å². The number of ether oxygens (including phenoxy) is 4. The fraction of sp³-hybridized carbons (Fsp3) is 0.350. The van der Waals surface area contributed by atoms with Crippen molar-refractivity contribution in [3.63, 3.8) is 0 Å². The van der Waals surface area contributed by atoms with Gasteiger partial charge in [0.2, 0.25) is 0 Å². The molecule has 2 aromatic rings. The minimum Gasteiger partial charge on any atom is -0.493 e. The molecule has 0 unspecified atom stereocenters. The Hall–Kier alpha value is -2.07. The Morgan fingerprint density at radius 3 is 2.28 bits per heavy atom. The Labute approximate surface area is 193 Å². The second-order valence-electron chi connectivity index (χ2n) is 5.79. The fourth-order valence-corrected chi connectivity index (χ4v) is 2.85. The first-order chi connectivity index (χ1) is 13.5. The van der Waals surface area contributed by atoms with Gasteiger partial charge in [0.1, 0.15) is 0 Å². The molecule has 29 heavy (non-hydrogen) atoms. The number of benzene rings is 2. The Bertz CT molecular complexity index is 834. The lowest BCUT2D eigenvalue weighted by Crippen LogP contribution is -2.31. The number of nitrogens with two attached hydrogens (primary N) is 1. The highest BCUT2D eigenvalue weighted by Gasteiger charge is 2.11. The standard InChI is InChI=1S/C20H26ClN3O4.HI/c1-5-28-19-15(21)8-14(10-18(19)27-4)12-24-20(22)23-11-13-6-7-16(25-2)17(9-13)26-3;/h6-10H,5,11-12H2,1-4H3,(H3,22,23,24);1H. The van der Waals surface area contributed by atoms with Crippen molar-refractivity contribution in [2.24, 2.45) is 10.7 Å². The first kappa shape index (κ1) is 25.0. The van der Waals surface area contributed by atoms with E-state index in [4.69, 9.17) is 36.3 Å². The van der Waals surface area contributed by atoms with E-state index in [2.05, 4.69) is 10.3 Å². The molecule has 0 aromatic heterocycles. The summed E-state index contributed by atoms with van der Waals surface area (Å²) < 4.78 is 21.4. The van der Waals surface area contributed by atoms with Crippen molar-refractivity contribution >= 4 is 41.5 Å². The molecule has 0 radical (unpaired) electrons. The SMILES string of the molecule is CCOc1c(Cl)cc(CN=C(N)NCc2ccc(OC)c(OC)c2)cc1OC.I. The van der Waals surface area contributed by atoms with Gasteiger partial charge in [-0.1, -0.05) is 17.7 Å². The molecule has 0 aliphatic rings. The van der Waals surface area contributed by atoms with Crippen LogP contribution in [0.15, 0.2) is 35.3 Å². The molecule has 0 aliphatic carbocycles. The van der Waals surface area contributed by atoms with Gasteiger partial charge in [-0.15, -0.1) is 24.0 Å². The molecule has 0 bridgehead atoms. The Morgan fingerprint density at radius 2 is 1.66 bits per heavy atom. The molecule has 0 saturated heterocycles. The highest BCUT2D eigenvalue weighted by molar-refractivity contribution is 14.0. The van der Waals surface area contributed by atoms with Gasteiger partial charge in [-0.2, -0.15) is 0 Å². The minimum absolute atomic E-state index is 0. The summed E-state index contributed by atoms with van der Waals surface area (Å²) in [5.74, 6) is 2.75. The highest BCUT2D eigenvalue weighted by Crippen LogP contribution is 2.36. The number of rotatable bonds is 9. The van der Waals surface area contributed by atoms with Crippen LogP contribution in [0, 0.1) is 0 Å². The third kappa shape index (κ3) is 7.04. The Morgan fingerprint density at radius 1 is 1.00 bits per heavy atom. The predicted molar refractivity (Wildman–Crippen MR) is 126 cm³/mol. The number of hydrogen-bond acceptors (Lipinski definition) is 5. The first-order valence-corrected chi connectivity index (χ1v) is 9.14. The summed E-state index contributed by atoms with van der Waals surface area (Å²) in [6.07, 6.45) is 0. The third-order valence-electron chi connectivity index (χ3n) is 3.93. The van der Waals surface area contributed by atoms with Crippen LogP contribution in [0.4, 0.5) is 0 Å². The van der Waals surface area contributed by atoms with E-state index in [-0.39, 0.29) is 24.0 Å². The quantitative estimate of drug-likeness (QED) is 0.287. The maximum Gasteiger partial charge on any atom is 0.189 e. The van der Waals surface area contributed by atoms with Crippen LogP contribution in [-0.2, 0) is 13.1 Å². The zero-order chi connectivity index (χ0) is 20.5. The smallest absolute Gasteiger partial charge is 0.189 e. The molecule has 0 spiro atoms. The van der Waals surface area contributed by atoms with Crippen molar-refractivity contribution in [3.05, 3.63) is 46.5 Å². The molecule has 0 atom stereocenters. The second kappa shape index (κ2) is 12.5. The van der Waals surface area contributed by atoms with E-state index in [0.29, 0.717) is 53.7 Å². The van der Waals surface area contributed by atoms with Gasteiger partial charge in [-0.05, 0) is 42.3 Å². The normalized spacial score (nSPS) is 10.7. The third-order valence-corrected chi connectivity index (χ3v) is 4.21. The average Bonchev–Trinajstić information content (AvgIpc) is 2.71. The Kier molecular flexibility index (Phi) is 10.7. The second-order valence-corrected chi connectivity index (χ2v) is 6.19. The summed E-state index contributed by atoms with van der Waals surface area (Å²) >= 11 is 6.28. The number of halogens is 2. The van der Waals surface area contributed by atoms with Crippen LogP contribution in [0.3, 0.4) is 0 Å². The summed E-state index contributed by atoms with van der Waals surface area (Å²) in [5, 5.41) is 3.55. The lowest BCUT2D eigenvalue weighted by atomic mass is 10.2. The average molecular weight is 536 g/mol. The van der Waals surface area contributed by atoms with Crippen molar-refractivity contribution in [1.82, 2.24) is 5.32 Å². The van der Waals surface area contributed by atoms with Crippen LogP contribution in [0.25, 0.3) is 0 Å². The summed E-state index contributed by atoms with van der Waals surface area (Å²) in [6, 6.07) is 9.29. The van der Waals surface area contributed by atoms with Gasteiger partial charge < -0.3 is 30.0 Å². The largest absolute Gasteiger partial charge is 0.493 e. The number of guanidine groups is 1. The van der Waals surface area contributed by atoms with E-state index < -0.39 is 0 Å². The molecular formula is C20H27ClIN3O4. The van der Waals surface area contributed by atoms with Gasteiger partial charge in [0.15, 0.2) is 29.0 Å². The minimum atomic E-state index is 0. The zero-order valence-electron chi connectivity index (χ0n) is 17.0. The molecule has 2 rings (SSSR count). The van der Waals surface area contributed by atoms with E-state index in [1.54, 1.807) is 27.4 Å². The molecule has 0 aliphatic heterocycles. The maximum absolute atomic E-state index is 6.28. The first-order valence-electron chi connectivity index (χ1n) is 8.76. The highest BCUT2D eigenvalue weighted by atomic mass is 127. The van der Waals surface area contributed by atoms with Crippen molar-refractivity contribution in [2.75, 3.05) is 27.9 Å². The summed E-state index contributed by atoms with van der Waals surface area (Å²) in [4.78, 5) is 4.35. The van der Waals surface area contributed by atoms with Gasteiger partial charge >= 0.3 is 0 Å². The molecule has 7 nitrogen and oxygen atoms in total. The molecule has 0 saturated carbocycles. The lowest BCUT2D eigenvalue weighted by Gasteiger charge is -2.13. The summed E-state index contributed by atoms with van der Waals surface area (Å²) in [7, 11) is 4.77. The summed E-state index contributed by atoms with van der Waals surface area (Å²) in [6.45, 7) is 3.25. The number of methoxy groups -OCH3 is 3. The Balaban J connectivity index is 0.00000420. The van der Waals surface area contributed by atoms with Crippen LogP contribution >= 0.6 is 35.6 Å². The van der Waals surface area contributed by atoms with E-state index in [1.807, 2.05) is 31.2 Å². The van der Waals surface area contributed by atoms with Crippen molar-refractivity contribution < 1.29 is 18.9 Å². The van der Waals surface area contributed by atoms with Gasteiger partial charge in [0.25, 0.3) is 0 Å². The lowest BCUT2D eigenvalue weighted by molar-refractivity contribution is 0.311. The van der Waals surface area contributed by atoms with Crippen molar-refractivity contribution in [1.29, 1.82) is 0 Å². The van der Waals surface area contributed by atoms with E-state index >= 15 is 0 Å². The molecule has 2 aromatic carbocycles. The number of aliphatic imine (C=N–C) groups is 1. The summed E-state index contributed by atoms with van der Waals surface area (Å²) in [5.41, 5.74) is 7.83. The zero-order valence-corrected chi connectivity index (χ0v) is 20.0. The van der Waals surface area contributed by atoms with Crippen LogP contribution in [0.5, 0.6) is 23.0 Å². The number of nitrogens with zero attached hydrogens (tertiary/aromatic N) is 1.